The molecule has 1 N–H and O–H groups in total. The summed E-state index contributed by atoms with van der Waals surface area (Å²) in [5, 5.41) is 11.2. The Hall–Kier alpha value is -1.06. The number of nitrogens with one attached hydrogen (secondary N) is 1. The highest BCUT2D eigenvalue weighted by Gasteiger charge is 2.25. The van der Waals surface area contributed by atoms with E-state index < -0.39 is 5.38 Å². The van der Waals surface area contributed by atoms with Crippen molar-refractivity contribution in [1.82, 2.24) is 20.4 Å². The average Bonchev–Trinajstić information content (AvgIpc) is 3.00. The number of hydrogen-bond acceptors (Lipinski definition) is 7. The molecule has 2 rings (SSSR count). The summed E-state index contributed by atoms with van der Waals surface area (Å²) in [6, 6.07) is 0. The van der Waals surface area contributed by atoms with Gasteiger partial charge in [0, 0.05) is 33.2 Å². The van der Waals surface area contributed by atoms with Gasteiger partial charge in [-0.2, -0.15) is 0 Å². The third-order valence-electron chi connectivity index (χ3n) is 3.20. The number of nitrogens with zero attached hydrogens (tertiary/aromatic N) is 4. The Morgan fingerprint density at radius 2 is 2.05 bits per heavy atom. The summed E-state index contributed by atoms with van der Waals surface area (Å²) in [6.45, 7) is 4.39. The monoisotopic (exact) mass is 363 g/mol. The number of aromatic nitrogens is 2. The van der Waals surface area contributed by atoms with E-state index >= 15 is 0 Å². The van der Waals surface area contributed by atoms with E-state index in [0.29, 0.717) is 31.9 Å². The third-order valence-corrected chi connectivity index (χ3v) is 5.51. The fourth-order valence-corrected chi connectivity index (χ4v) is 3.86. The molecule has 0 radical (unpaired) electrons. The maximum absolute atomic E-state index is 11.8. The zero-order valence-corrected chi connectivity index (χ0v) is 14.8. The van der Waals surface area contributed by atoms with Crippen molar-refractivity contribution < 1.29 is 9.59 Å². The molecule has 1 aromatic rings. The lowest BCUT2D eigenvalue weighted by Crippen LogP contribution is -2.50. The van der Waals surface area contributed by atoms with Crippen LogP contribution in [0.25, 0.3) is 0 Å². The number of thioether (sulfide) groups is 1. The summed E-state index contributed by atoms with van der Waals surface area (Å²) in [7, 11) is 1.61. The number of piperazine rings is 1. The Morgan fingerprint density at radius 3 is 2.64 bits per heavy atom. The van der Waals surface area contributed by atoms with Gasteiger partial charge in [0.25, 0.3) is 0 Å². The number of rotatable bonds is 5. The van der Waals surface area contributed by atoms with Gasteiger partial charge in [-0.25, -0.2) is 0 Å². The molecule has 0 saturated carbocycles. The van der Waals surface area contributed by atoms with Crippen molar-refractivity contribution in [3.8, 4) is 0 Å². The molecule has 0 bridgehead atoms. The van der Waals surface area contributed by atoms with Gasteiger partial charge < -0.3 is 15.1 Å². The second-order valence-corrected chi connectivity index (χ2v) is 7.57. The molecule has 1 atom stereocenters. The Morgan fingerprint density at radius 1 is 1.36 bits per heavy atom. The summed E-state index contributed by atoms with van der Waals surface area (Å²) in [5.41, 5.74) is 0. The zero-order chi connectivity index (χ0) is 16.1. The van der Waals surface area contributed by atoms with Crippen LogP contribution in [0.5, 0.6) is 0 Å². The van der Waals surface area contributed by atoms with Gasteiger partial charge in [-0.15, -0.1) is 21.8 Å². The molecule has 2 heterocycles. The van der Waals surface area contributed by atoms with Gasteiger partial charge in [0.05, 0.1) is 5.75 Å². The van der Waals surface area contributed by atoms with Crippen LogP contribution in [0.3, 0.4) is 0 Å². The lowest BCUT2D eigenvalue weighted by molar-refractivity contribution is -0.130. The van der Waals surface area contributed by atoms with Crippen molar-refractivity contribution >= 4 is 51.6 Å². The molecule has 122 valence electrons. The predicted octanol–water partition coefficient (Wildman–Crippen LogP) is 0.652. The maximum atomic E-state index is 11.8. The summed E-state index contributed by atoms with van der Waals surface area (Å²) in [4.78, 5) is 26.9. The molecule has 7 nitrogen and oxygen atoms in total. The summed E-state index contributed by atoms with van der Waals surface area (Å²) < 4.78 is 0.770. The lowest BCUT2D eigenvalue weighted by Gasteiger charge is -2.34. The van der Waals surface area contributed by atoms with Crippen LogP contribution < -0.4 is 10.2 Å². The Balaban J connectivity index is 1.85. The van der Waals surface area contributed by atoms with Crippen molar-refractivity contribution in [1.29, 1.82) is 0 Å². The van der Waals surface area contributed by atoms with Crippen LogP contribution in [0.1, 0.15) is 6.92 Å². The molecule has 0 aromatic carbocycles. The van der Waals surface area contributed by atoms with Crippen molar-refractivity contribution in [2.45, 2.75) is 16.6 Å². The molecule has 1 aliphatic rings. The standard InChI is InChI=1S/C12H18ClN5O2S2/c1-8(13)10(20)17-3-5-18(6-4-17)11-15-16-12(22-11)21-7-9(19)14-2/h8H,3-7H2,1-2H3,(H,14,19). The topological polar surface area (TPSA) is 78.4 Å². The van der Waals surface area contributed by atoms with E-state index in [2.05, 4.69) is 20.4 Å². The number of alkyl halides is 1. The van der Waals surface area contributed by atoms with Gasteiger partial charge >= 0.3 is 0 Å². The van der Waals surface area contributed by atoms with Crippen LogP contribution in [0.2, 0.25) is 0 Å². The van der Waals surface area contributed by atoms with Crippen molar-refractivity contribution in [3.63, 3.8) is 0 Å². The molecule has 1 unspecified atom stereocenters. The average molecular weight is 364 g/mol. The van der Waals surface area contributed by atoms with E-state index in [1.54, 1.807) is 18.9 Å². The second-order valence-electron chi connectivity index (χ2n) is 4.74. The molecule has 0 aliphatic carbocycles. The number of carbonyl (C=O) groups excluding carboxylic acids is 2. The van der Waals surface area contributed by atoms with Gasteiger partial charge in [0.15, 0.2) is 4.34 Å². The SMILES string of the molecule is CNC(=O)CSc1nnc(N2CCN(C(=O)C(C)Cl)CC2)s1. The highest BCUT2D eigenvalue weighted by Crippen LogP contribution is 2.28. The van der Waals surface area contributed by atoms with E-state index in [1.165, 1.54) is 23.1 Å². The largest absolute Gasteiger partial charge is 0.358 e. The van der Waals surface area contributed by atoms with Gasteiger partial charge in [0.1, 0.15) is 5.38 Å². The predicted molar refractivity (Wildman–Crippen MR) is 88.8 cm³/mol. The lowest BCUT2D eigenvalue weighted by atomic mass is 10.3. The van der Waals surface area contributed by atoms with Crippen LogP contribution in [0.4, 0.5) is 5.13 Å². The Labute approximate surface area is 142 Å². The molecular weight excluding hydrogens is 346 g/mol. The minimum absolute atomic E-state index is 0.0274. The van der Waals surface area contributed by atoms with Gasteiger partial charge in [-0.1, -0.05) is 23.1 Å². The Bertz CT molecular complexity index is 531. The quantitative estimate of drug-likeness (QED) is 0.611. The molecule has 2 amide bonds. The summed E-state index contributed by atoms with van der Waals surface area (Å²) in [5.74, 6) is 0.269. The van der Waals surface area contributed by atoms with Crippen molar-refractivity contribution in [3.05, 3.63) is 0 Å². The molecule has 1 saturated heterocycles. The first-order chi connectivity index (χ1) is 10.5. The number of carbonyl (C=O) groups is 2. The van der Waals surface area contributed by atoms with E-state index in [0.717, 1.165) is 9.47 Å². The fraction of sp³-hybridized carbons (Fsp3) is 0.667. The van der Waals surface area contributed by atoms with Gasteiger partial charge in [0.2, 0.25) is 16.9 Å². The van der Waals surface area contributed by atoms with Crippen LogP contribution >= 0.6 is 34.7 Å². The van der Waals surface area contributed by atoms with Crippen molar-refractivity contribution in [2.75, 3.05) is 43.9 Å². The number of amides is 2. The van der Waals surface area contributed by atoms with Crippen LogP contribution in [0, 0.1) is 0 Å². The first kappa shape index (κ1) is 17.3. The molecule has 10 heteroatoms. The molecule has 22 heavy (non-hydrogen) atoms. The van der Waals surface area contributed by atoms with E-state index in [4.69, 9.17) is 11.6 Å². The van der Waals surface area contributed by atoms with Gasteiger partial charge in [-0.3, -0.25) is 9.59 Å². The normalized spacial score (nSPS) is 16.5. The highest BCUT2D eigenvalue weighted by atomic mass is 35.5. The van der Waals surface area contributed by atoms with Crippen LogP contribution in [-0.4, -0.2) is 71.3 Å². The Kier molecular flexibility index (Phi) is 6.27. The maximum Gasteiger partial charge on any atom is 0.240 e. The highest BCUT2D eigenvalue weighted by molar-refractivity contribution is 8.01. The molecule has 1 aromatic heterocycles. The first-order valence-corrected chi connectivity index (χ1v) is 9.09. The van der Waals surface area contributed by atoms with E-state index in [1.807, 2.05) is 0 Å². The smallest absolute Gasteiger partial charge is 0.240 e. The molecule has 0 spiro atoms. The number of halogens is 1. The summed E-state index contributed by atoms with van der Waals surface area (Å²) >= 11 is 8.67. The number of anilines is 1. The van der Waals surface area contributed by atoms with E-state index in [-0.39, 0.29) is 11.8 Å². The minimum Gasteiger partial charge on any atom is -0.358 e. The zero-order valence-electron chi connectivity index (χ0n) is 12.4. The number of hydrogen-bond donors (Lipinski definition) is 1. The van der Waals surface area contributed by atoms with Crippen molar-refractivity contribution in [2.24, 2.45) is 0 Å². The minimum atomic E-state index is -0.485. The van der Waals surface area contributed by atoms with Gasteiger partial charge in [-0.05, 0) is 6.92 Å². The second kappa shape index (κ2) is 7.98. The molecular formula is C12H18ClN5O2S2. The third kappa shape index (κ3) is 4.47. The first-order valence-electron chi connectivity index (χ1n) is 6.86. The fourth-order valence-electron chi connectivity index (χ4n) is 1.96. The van der Waals surface area contributed by atoms with Crippen LogP contribution in [-0.2, 0) is 9.59 Å². The van der Waals surface area contributed by atoms with E-state index in [9.17, 15) is 9.59 Å². The molecule has 1 aliphatic heterocycles. The summed E-state index contributed by atoms with van der Waals surface area (Å²) in [6.07, 6.45) is 0. The van der Waals surface area contributed by atoms with Crippen LogP contribution in [0.15, 0.2) is 4.34 Å². The molecule has 1 fully saturated rings.